The van der Waals surface area contributed by atoms with Gasteiger partial charge in [-0.1, -0.05) is 42.5 Å². The Morgan fingerprint density at radius 3 is 2.27 bits per heavy atom. The van der Waals surface area contributed by atoms with Gasteiger partial charge in [0.15, 0.2) is 15.4 Å². The second-order valence-corrected chi connectivity index (χ2v) is 12.7. The van der Waals surface area contributed by atoms with Gasteiger partial charge in [0.2, 0.25) is 5.78 Å². The Hall–Kier alpha value is -3.78. The lowest BCUT2D eigenvalue weighted by molar-refractivity contribution is 0.0903. The van der Waals surface area contributed by atoms with Crippen molar-refractivity contribution < 1.29 is 40.7 Å². The number of para-hydroxylation sites is 2. The molecular weight excluding hydrogens is 526 g/mol. The second kappa shape index (κ2) is 11.5. The van der Waals surface area contributed by atoms with Gasteiger partial charge in [0.25, 0.3) is 5.89 Å². The van der Waals surface area contributed by atoms with Gasteiger partial charge in [-0.15, -0.1) is 0 Å². The van der Waals surface area contributed by atoms with E-state index in [0.29, 0.717) is 11.1 Å². The number of sulfone groups is 2. The summed E-state index contributed by atoms with van der Waals surface area (Å²) in [5.41, 5.74) is 1.14. The predicted molar refractivity (Wildman–Crippen MR) is 134 cm³/mol. The van der Waals surface area contributed by atoms with Crippen molar-refractivity contribution in [3.05, 3.63) is 66.1 Å². The molecule has 0 fully saturated rings. The van der Waals surface area contributed by atoms with Crippen LogP contribution in [0.25, 0.3) is 11.1 Å². The third kappa shape index (κ3) is 8.11. The molecule has 14 heteroatoms. The van der Waals surface area contributed by atoms with Crippen LogP contribution in [0.5, 0.6) is 0 Å². The summed E-state index contributed by atoms with van der Waals surface area (Å²) in [6.45, 7) is -0.702. The van der Waals surface area contributed by atoms with Crippen molar-refractivity contribution in [1.29, 1.82) is 0 Å². The van der Waals surface area contributed by atoms with Gasteiger partial charge >= 0.3 is 12.1 Å². The average Bonchev–Trinajstić information content (AvgIpc) is 3.25. The molecule has 0 saturated carbocycles. The fourth-order valence-corrected chi connectivity index (χ4v) is 5.34. The van der Waals surface area contributed by atoms with Crippen LogP contribution in [-0.4, -0.2) is 80.1 Å². The lowest BCUT2D eigenvalue weighted by Gasteiger charge is -2.22. The molecule has 0 spiro atoms. The second-order valence-electron chi connectivity index (χ2n) is 8.28. The number of carbonyl (C=O) groups is 3. The highest BCUT2D eigenvalue weighted by Gasteiger charge is 2.31. The van der Waals surface area contributed by atoms with Gasteiger partial charge in [0, 0.05) is 12.8 Å². The van der Waals surface area contributed by atoms with Crippen LogP contribution in [0, 0.1) is 0 Å². The van der Waals surface area contributed by atoms with E-state index < -0.39 is 67.6 Å². The number of ketones is 1. The van der Waals surface area contributed by atoms with Gasteiger partial charge in [-0.05, 0) is 24.1 Å². The fraction of sp³-hybridized carbons (Fsp3) is 0.304. The van der Waals surface area contributed by atoms with E-state index in [4.69, 9.17) is 4.42 Å². The summed E-state index contributed by atoms with van der Waals surface area (Å²) in [6.07, 6.45) is -1.19. The monoisotopic (exact) mass is 551 g/mol. The van der Waals surface area contributed by atoms with E-state index in [-0.39, 0.29) is 22.7 Å². The van der Waals surface area contributed by atoms with Crippen LogP contribution in [0.15, 0.2) is 59.0 Å². The molecular formula is C23H25N3O9S2. The Morgan fingerprint density at radius 1 is 1.00 bits per heavy atom. The van der Waals surface area contributed by atoms with E-state index in [1.807, 2.05) is 0 Å². The minimum absolute atomic E-state index is 0.218. The summed E-state index contributed by atoms with van der Waals surface area (Å²) < 4.78 is 53.7. The minimum Gasteiger partial charge on any atom is -0.465 e. The molecule has 3 aromatic rings. The molecule has 0 unspecified atom stereocenters. The zero-order valence-corrected chi connectivity index (χ0v) is 21.4. The van der Waals surface area contributed by atoms with Crippen LogP contribution in [0.4, 0.5) is 9.59 Å². The fourth-order valence-electron chi connectivity index (χ4n) is 3.37. The van der Waals surface area contributed by atoms with Crippen molar-refractivity contribution in [2.24, 2.45) is 0 Å². The lowest BCUT2D eigenvalue weighted by atomic mass is 10.1. The van der Waals surface area contributed by atoms with Crippen molar-refractivity contribution in [2.45, 2.75) is 18.2 Å². The molecule has 1 aromatic heterocycles. The lowest BCUT2D eigenvalue weighted by Crippen LogP contribution is -2.51. The van der Waals surface area contributed by atoms with Crippen molar-refractivity contribution in [3.63, 3.8) is 0 Å². The Morgan fingerprint density at radius 2 is 1.65 bits per heavy atom. The highest BCUT2D eigenvalue weighted by Crippen LogP contribution is 2.17. The number of aromatic nitrogens is 1. The molecule has 37 heavy (non-hydrogen) atoms. The Bertz CT molecular complexity index is 1470. The maximum atomic E-state index is 13.1. The molecule has 2 N–H and O–H groups in total. The normalized spacial score (nSPS) is 12.7. The van der Waals surface area contributed by atoms with E-state index in [0.717, 1.165) is 6.26 Å². The number of rotatable bonds is 11. The van der Waals surface area contributed by atoms with Crippen molar-refractivity contribution in [3.8, 4) is 0 Å². The topological polar surface area (TPSA) is 181 Å². The number of nitrogens with zero attached hydrogens (tertiary/aromatic N) is 2. The number of oxazole rings is 1. The maximum absolute atomic E-state index is 13.1. The van der Waals surface area contributed by atoms with Crippen LogP contribution in [0.3, 0.4) is 0 Å². The van der Waals surface area contributed by atoms with E-state index in [2.05, 4.69) is 10.3 Å². The SMILES string of the molecule is CS(=O)(=O)CC[C@H](NC(=O)N(CCS(=O)(=O)Cc1ccccc1)C(=O)O)C(=O)c1nc2ccccc2o1. The van der Waals surface area contributed by atoms with Gasteiger partial charge in [-0.25, -0.2) is 36.3 Å². The summed E-state index contributed by atoms with van der Waals surface area (Å²) in [5.74, 6) is -2.77. The van der Waals surface area contributed by atoms with Crippen LogP contribution < -0.4 is 5.32 Å². The third-order valence-corrected chi connectivity index (χ3v) is 7.78. The first kappa shape index (κ1) is 27.8. The Labute approximate surface area is 213 Å². The molecule has 2 aromatic carbocycles. The number of hydrogen-bond donors (Lipinski definition) is 2. The Balaban J connectivity index is 1.76. The first-order valence-corrected chi connectivity index (χ1v) is 14.9. The molecule has 0 saturated heterocycles. The van der Waals surface area contributed by atoms with Crippen LogP contribution in [0.2, 0.25) is 0 Å². The zero-order valence-electron chi connectivity index (χ0n) is 19.7. The Kier molecular flexibility index (Phi) is 8.65. The molecule has 0 radical (unpaired) electrons. The molecule has 0 aliphatic carbocycles. The first-order chi connectivity index (χ1) is 17.3. The molecule has 0 aliphatic rings. The molecule has 1 heterocycles. The number of imide groups is 1. The molecule has 3 amide bonds. The number of urea groups is 1. The quantitative estimate of drug-likeness (QED) is 0.335. The number of amides is 3. The minimum atomic E-state index is -3.79. The standard InChI is InChI=1S/C23H25N3O9S2/c1-36(31,32)13-11-18(20(27)21-24-17-9-5-6-10-19(17)35-21)25-22(28)26(23(29)30)12-14-37(33,34)15-16-7-3-2-4-8-16/h2-10,18H,11-15H2,1H3,(H,25,28)(H,29,30)/t18-/m0/s1. The van der Waals surface area contributed by atoms with E-state index >= 15 is 0 Å². The van der Waals surface area contributed by atoms with Crippen LogP contribution >= 0.6 is 0 Å². The largest absolute Gasteiger partial charge is 0.465 e. The van der Waals surface area contributed by atoms with E-state index in [1.54, 1.807) is 54.6 Å². The van der Waals surface area contributed by atoms with E-state index in [1.165, 1.54) is 0 Å². The summed E-state index contributed by atoms with van der Waals surface area (Å²) in [4.78, 5) is 41.8. The molecule has 0 bridgehead atoms. The number of nitrogens with one attached hydrogen (secondary N) is 1. The van der Waals surface area contributed by atoms with Crippen molar-refractivity contribution in [2.75, 3.05) is 24.3 Å². The zero-order chi connectivity index (χ0) is 27.2. The van der Waals surface area contributed by atoms with E-state index in [9.17, 15) is 36.3 Å². The molecule has 1 atom stereocenters. The first-order valence-electron chi connectivity index (χ1n) is 11.0. The molecule has 0 aliphatic heterocycles. The smallest absolute Gasteiger partial charge is 0.415 e. The highest BCUT2D eigenvalue weighted by atomic mass is 32.2. The number of carboxylic acid groups (broad SMARTS) is 1. The van der Waals surface area contributed by atoms with Gasteiger partial charge in [0.05, 0.1) is 23.3 Å². The summed E-state index contributed by atoms with van der Waals surface area (Å²) in [5, 5.41) is 11.7. The summed E-state index contributed by atoms with van der Waals surface area (Å²) in [7, 11) is -7.34. The van der Waals surface area contributed by atoms with Gasteiger partial charge in [-0.3, -0.25) is 4.79 Å². The van der Waals surface area contributed by atoms with Crippen LogP contribution in [-0.2, 0) is 25.4 Å². The van der Waals surface area contributed by atoms with Crippen molar-refractivity contribution in [1.82, 2.24) is 15.2 Å². The average molecular weight is 552 g/mol. The van der Waals surface area contributed by atoms with Gasteiger partial charge in [-0.2, -0.15) is 0 Å². The maximum Gasteiger partial charge on any atom is 0.415 e. The predicted octanol–water partition coefficient (Wildman–Crippen LogP) is 2.12. The summed E-state index contributed by atoms with van der Waals surface area (Å²) >= 11 is 0. The molecule has 198 valence electrons. The third-order valence-electron chi connectivity index (χ3n) is 5.23. The number of Topliss-reactive ketones (excluding diaryl/α,β-unsaturated/α-hetero) is 1. The summed E-state index contributed by atoms with van der Waals surface area (Å²) in [6, 6.07) is 11.9. The molecule has 3 rings (SSSR count). The number of hydrogen-bond acceptors (Lipinski definition) is 9. The van der Waals surface area contributed by atoms with Gasteiger partial charge in [0.1, 0.15) is 15.4 Å². The number of fused-ring (bicyclic) bond motifs is 1. The molecule has 12 nitrogen and oxygen atoms in total. The van der Waals surface area contributed by atoms with Crippen molar-refractivity contribution >= 4 is 48.7 Å². The number of benzene rings is 2. The van der Waals surface area contributed by atoms with Crippen LogP contribution in [0.1, 0.15) is 22.7 Å². The number of carbonyl (C=O) groups excluding carboxylic acids is 2. The van der Waals surface area contributed by atoms with Gasteiger partial charge < -0.3 is 14.8 Å². The highest BCUT2D eigenvalue weighted by molar-refractivity contribution is 7.90.